The SMILES string of the molecule is CN1CCNCC1.Cc1ccc(-n2nc(C(C)(C)C)cc2NC(=O)Nc2ccc(Oc3ccnc(CC(=O)NCC(=O)N4CCN(C)CC4)c3)c3ccccc23)cc1. The molecule has 58 heavy (non-hydrogen) atoms. The van der Waals surface area contributed by atoms with Gasteiger partial charge in [-0.1, -0.05) is 62.7 Å². The van der Waals surface area contributed by atoms with Gasteiger partial charge in [0.1, 0.15) is 17.3 Å². The average Bonchev–Trinajstić information content (AvgIpc) is 3.63. The molecular formula is C44H56N10O4. The number of hydrogen-bond acceptors (Lipinski definition) is 9. The number of carbonyl (C=O) groups is 3. The van der Waals surface area contributed by atoms with Crippen LogP contribution in [0.4, 0.5) is 16.3 Å². The molecule has 0 saturated carbocycles. The number of benzene rings is 3. The number of likely N-dealkylation sites (N-methyl/N-ethyl adjacent to an activating group) is 2. The number of ether oxygens (including phenoxy) is 1. The maximum absolute atomic E-state index is 13.4. The number of rotatable bonds is 9. The van der Waals surface area contributed by atoms with Gasteiger partial charge in [-0.2, -0.15) is 5.10 Å². The second kappa shape index (κ2) is 19.1. The fourth-order valence-electron chi connectivity index (χ4n) is 6.55. The fourth-order valence-corrected chi connectivity index (χ4v) is 6.55. The molecule has 2 saturated heterocycles. The Morgan fingerprint density at radius 2 is 1.50 bits per heavy atom. The number of urea groups is 1. The van der Waals surface area contributed by atoms with E-state index in [1.54, 1.807) is 40.0 Å². The zero-order valence-electron chi connectivity index (χ0n) is 34.5. The highest BCUT2D eigenvalue weighted by Gasteiger charge is 2.23. The van der Waals surface area contributed by atoms with Gasteiger partial charge in [-0.3, -0.25) is 19.9 Å². The molecule has 0 aliphatic carbocycles. The third-order valence-electron chi connectivity index (χ3n) is 10.1. The first-order valence-electron chi connectivity index (χ1n) is 19.8. The van der Waals surface area contributed by atoms with E-state index in [-0.39, 0.29) is 30.2 Å². The van der Waals surface area contributed by atoms with Crippen LogP contribution in [0.5, 0.6) is 11.5 Å². The van der Waals surface area contributed by atoms with Gasteiger partial charge in [0.05, 0.1) is 35.7 Å². The molecule has 2 aromatic heterocycles. The molecular weight excluding hydrogens is 733 g/mol. The second-order valence-electron chi connectivity index (χ2n) is 15.9. The average molecular weight is 789 g/mol. The van der Waals surface area contributed by atoms with Gasteiger partial charge in [-0.25, -0.2) is 9.48 Å². The van der Waals surface area contributed by atoms with Gasteiger partial charge in [0.2, 0.25) is 11.8 Å². The molecule has 306 valence electrons. The van der Waals surface area contributed by atoms with Crippen LogP contribution in [0.15, 0.2) is 85.1 Å². The number of piperazine rings is 2. The lowest BCUT2D eigenvalue weighted by Crippen LogP contribution is -2.50. The first-order chi connectivity index (χ1) is 27.8. The van der Waals surface area contributed by atoms with Crippen LogP contribution in [0, 0.1) is 6.92 Å². The lowest BCUT2D eigenvalue weighted by molar-refractivity contribution is -0.134. The van der Waals surface area contributed by atoms with Crippen LogP contribution in [0.3, 0.4) is 0 Å². The Morgan fingerprint density at radius 1 is 0.810 bits per heavy atom. The van der Waals surface area contributed by atoms with Gasteiger partial charge in [0.25, 0.3) is 0 Å². The molecule has 0 atom stereocenters. The lowest BCUT2D eigenvalue weighted by Gasteiger charge is -2.32. The summed E-state index contributed by atoms with van der Waals surface area (Å²) in [6.45, 7) is 15.9. The van der Waals surface area contributed by atoms with Crippen molar-refractivity contribution in [2.45, 2.75) is 39.5 Å². The number of fused-ring (bicyclic) bond motifs is 1. The molecule has 2 aliphatic rings. The van der Waals surface area contributed by atoms with E-state index in [1.165, 1.54) is 13.1 Å². The summed E-state index contributed by atoms with van der Waals surface area (Å²) in [7, 11) is 4.18. The minimum absolute atomic E-state index is 0.00595. The van der Waals surface area contributed by atoms with E-state index in [0.29, 0.717) is 41.8 Å². The molecule has 0 spiro atoms. The Balaban J connectivity index is 0.000000732. The molecule has 14 heteroatoms. The summed E-state index contributed by atoms with van der Waals surface area (Å²) >= 11 is 0. The highest BCUT2D eigenvalue weighted by atomic mass is 16.5. The van der Waals surface area contributed by atoms with Crippen LogP contribution in [-0.4, -0.2) is 120 Å². The first-order valence-corrected chi connectivity index (χ1v) is 19.8. The number of carbonyl (C=O) groups excluding carboxylic acids is 3. The summed E-state index contributed by atoms with van der Waals surface area (Å²) in [5, 5.41) is 18.4. The molecule has 3 aromatic carbocycles. The summed E-state index contributed by atoms with van der Waals surface area (Å²) < 4.78 is 8.03. The number of amides is 4. The predicted molar refractivity (Wildman–Crippen MR) is 229 cm³/mol. The van der Waals surface area contributed by atoms with Crippen molar-refractivity contribution in [3.63, 3.8) is 0 Å². The zero-order chi connectivity index (χ0) is 41.2. The summed E-state index contributed by atoms with van der Waals surface area (Å²) in [5.74, 6) is 1.24. The monoisotopic (exact) mass is 788 g/mol. The molecule has 0 bridgehead atoms. The normalized spacial score (nSPS) is 15.0. The van der Waals surface area contributed by atoms with E-state index in [9.17, 15) is 14.4 Å². The molecule has 5 aromatic rings. The van der Waals surface area contributed by atoms with Crippen molar-refractivity contribution in [3.05, 3.63) is 102 Å². The lowest BCUT2D eigenvalue weighted by atomic mass is 9.92. The quantitative estimate of drug-likeness (QED) is 0.154. The van der Waals surface area contributed by atoms with E-state index in [2.05, 4.69) is 63.9 Å². The Labute approximate surface area is 340 Å². The van der Waals surface area contributed by atoms with Crippen LogP contribution in [0.2, 0.25) is 0 Å². The van der Waals surface area contributed by atoms with Crippen LogP contribution in [0.25, 0.3) is 16.5 Å². The van der Waals surface area contributed by atoms with Crippen molar-refractivity contribution < 1.29 is 19.1 Å². The molecule has 4 heterocycles. The van der Waals surface area contributed by atoms with Gasteiger partial charge in [-0.15, -0.1) is 0 Å². The summed E-state index contributed by atoms with van der Waals surface area (Å²) in [6, 6.07) is 24.1. The number of hydrogen-bond donors (Lipinski definition) is 4. The minimum atomic E-state index is -0.412. The van der Waals surface area contributed by atoms with E-state index in [0.717, 1.165) is 53.9 Å². The van der Waals surface area contributed by atoms with Crippen LogP contribution < -0.4 is 26.0 Å². The highest BCUT2D eigenvalue weighted by molar-refractivity contribution is 6.07. The van der Waals surface area contributed by atoms with Crippen molar-refractivity contribution in [2.75, 3.05) is 83.6 Å². The topological polar surface area (TPSA) is 149 Å². The van der Waals surface area contributed by atoms with Gasteiger partial charge in [-0.05, 0) is 51.4 Å². The molecule has 14 nitrogen and oxygen atoms in total. The number of pyridine rings is 1. The smallest absolute Gasteiger partial charge is 0.324 e. The number of nitrogens with one attached hydrogen (secondary N) is 4. The maximum Gasteiger partial charge on any atom is 0.324 e. The Bertz CT molecular complexity index is 2180. The van der Waals surface area contributed by atoms with Crippen LogP contribution in [-0.2, 0) is 21.4 Å². The fraction of sp³-hybridized carbons (Fsp3) is 0.386. The zero-order valence-corrected chi connectivity index (χ0v) is 34.5. The largest absolute Gasteiger partial charge is 0.457 e. The van der Waals surface area contributed by atoms with Gasteiger partial charge >= 0.3 is 6.03 Å². The second-order valence-corrected chi connectivity index (χ2v) is 15.9. The maximum atomic E-state index is 13.4. The standard InChI is InChI=1S/C39H44N8O4.C5H12N2/c1-26-10-12-28(13-11-26)47-35(24-34(44-47)39(2,3)4)43-38(50)42-32-14-15-33(31-9-7-6-8-30(31)32)51-29-16-17-40-27(22-29)23-36(48)41-25-37(49)46-20-18-45(5)19-21-46;1-7-4-2-6-3-5-7/h6-17,22,24H,18-21,23,25H2,1-5H3,(H,41,48)(H2,42,43,50);6H,2-5H2,1H3. The van der Waals surface area contributed by atoms with Crippen molar-refractivity contribution in [1.29, 1.82) is 0 Å². The van der Waals surface area contributed by atoms with Crippen molar-refractivity contribution in [2.24, 2.45) is 0 Å². The summed E-state index contributed by atoms with van der Waals surface area (Å²) in [6.07, 6.45) is 1.59. The van der Waals surface area contributed by atoms with Crippen molar-refractivity contribution in [3.8, 4) is 17.2 Å². The minimum Gasteiger partial charge on any atom is -0.457 e. The van der Waals surface area contributed by atoms with Crippen LogP contribution in [0.1, 0.15) is 37.7 Å². The molecule has 2 fully saturated rings. The van der Waals surface area contributed by atoms with E-state index < -0.39 is 6.03 Å². The molecule has 4 amide bonds. The van der Waals surface area contributed by atoms with E-state index in [1.807, 2.05) is 68.6 Å². The number of aryl methyl sites for hydroxylation is 1. The van der Waals surface area contributed by atoms with E-state index >= 15 is 0 Å². The van der Waals surface area contributed by atoms with Gasteiger partial charge in [0, 0.05) is 86.9 Å². The Hall–Kier alpha value is -5.83. The Morgan fingerprint density at radius 3 is 2.17 bits per heavy atom. The highest BCUT2D eigenvalue weighted by Crippen LogP contribution is 2.35. The molecule has 7 rings (SSSR count). The van der Waals surface area contributed by atoms with E-state index in [4.69, 9.17) is 9.84 Å². The van der Waals surface area contributed by atoms with Crippen molar-refractivity contribution >= 4 is 40.1 Å². The molecule has 0 radical (unpaired) electrons. The molecule has 0 unspecified atom stereocenters. The predicted octanol–water partition coefficient (Wildman–Crippen LogP) is 5.42. The van der Waals surface area contributed by atoms with Crippen LogP contribution >= 0.6 is 0 Å². The van der Waals surface area contributed by atoms with Gasteiger partial charge < -0.3 is 35.4 Å². The number of aromatic nitrogens is 3. The molecule has 2 aliphatic heterocycles. The molecule has 4 N–H and O–H groups in total. The third-order valence-corrected chi connectivity index (χ3v) is 10.1. The third kappa shape index (κ3) is 11.4. The first kappa shape index (κ1) is 41.8. The number of nitrogens with zero attached hydrogens (tertiary/aromatic N) is 6. The summed E-state index contributed by atoms with van der Waals surface area (Å²) in [4.78, 5) is 49.2. The Kier molecular flexibility index (Phi) is 13.7. The van der Waals surface area contributed by atoms with Crippen molar-refractivity contribution in [1.82, 2.24) is 40.1 Å². The van der Waals surface area contributed by atoms with Gasteiger partial charge in [0.15, 0.2) is 0 Å². The number of anilines is 2. The summed E-state index contributed by atoms with van der Waals surface area (Å²) in [5.41, 5.74) is 3.71.